The molecule has 1 aliphatic heterocycles. The molecule has 2 aliphatic carbocycles. The number of allylic oxidation sites excluding steroid dienone is 1. The minimum absolute atomic E-state index is 0.876. The van der Waals surface area contributed by atoms with Crippen LogP contribution in [-0.2, 0) is 4.74 Å². The molecule has 0 amide bonds. The van der Waals surface area contributed by atoms with Crippen molar-refractivity contribution in [3.8, 4) is 0 Å². The van der Waals surface area contributed by atoms with Crippen LogP contribution < -0.4 is 0 Å². The second-order valence-electron chi connectivity index (χ2n) is 3.85. The maximum atomic E-state index is 5.44. The summed E-state index contributed by atoms with van der Waals surface area (Å²) in [5.74, 6) is 1.77. The van der Waals surface area contributed by atoms with Gasteiger partial charge in [-0.2, -0.15) is 0 Å². The molecule has 0 spiro atoms. The van der Waals surface area contributed by atoms with E-state index in [-0.39, 0.29) is 0 Å². The van der Waals surface area contributed by atoms with Crippen LogP contribution in [0.1, 0.15) is 27.2 Å². The molecule has 2 unspecified atom stereocenters. The largest absolute Gasteiger partial charge is 0.372 e. The summed E-state index contributed by atoms with van der Waals surface area (Å²) in [6.07, 6.45) is 3.82. The first-order valence-corrected chi connectivity index (χ1v) is 5.34. The van der Waals surface area contributed by atoms with Crippen LogP contribution in [0.2, 0.25) is 0 Å². The molecular formula is C12H18O. The Balaban J connectivity index is 0.000000308. The molecule has 0 aromatic rings. The second kappa shape index (κ2) is 3.30. The summed E-state index contributed by atoms with van der Waals surface area (Å²) >= 11 is 0. The van der Waals surface area contributed by atoms with E-state index in [9.17, 15) is 0 Å². The van der Waals surface area contributed by atoms with Crippen LogP contribution in [0.3, 0.4) is 0 Å². The first-order chi connectivity index (χ1) is 6.36. The van der Waals surface area contributed by atoms with Crippen molar-refractivity contribution in [2.24, 2.45) is 11.8 Å². The van der Waals surface area contributed by atoms with Gasteiger partial charge in [-0.15, -0.1) is 0 Å². The minimum Gasteiger partial charge on any atom is -0.372 e. The van der Waals surface area contributed by atoms with E-state index in [2.05, 4.69) is 13.0 Å². The molecule has 0 radical (unpaired) electrons. The molecule has 72 valence electrons. The van der Waals surface area contributed by atoms with Crippen LogP contribution in [0.5, 0.6) is 0 Å². The molecule has 1 saturated carbocycles. The lowest BCUT2D eigenvalue weighted by atomic mass is 9.94. The summed E-state index contributed by atoms with van der Waals surface area (Å²) in [6, 6.07) is 0. The Morgan fingerprint density at radius 3 is 2.85 bits per heavy atom. The van der Waals surface area contributed by atoms with E-state index in [4.69, 9.17) is 4.74 Å². The van der Waals surface area contributed by atoms with Gasteiger partial charge in [-0.05, 0) is 41.9 Å². The van der Waals surface area contributed by atoms with Crippen LogP contribution in [0.25, 0.3) is 0 Å². The van der Waals surface area contributed by atoms with Gasteiger partial charge < -0.3 is 4.74 Å². The summed E-state index contributed by atoms with van der Waals surface area (Å²) in [5, 5.41) is 0. The summed E-state index contributed by atoms with van der Waals surface area (Å²) in [7, 11) is 0. The molecule has 0 N–H and O–H groups in total. The Bertz CT molecular complexity index is 273. The highest BCUT2D eigenvalue weighted by atomic mass is 16.5. The van der Waals surface area contributed by atoms with Gasteiger partial charge in [0.05, 0.1) is 13.2 Å². The van der Waals surface area contributed by atoms with E-state index in [0.29, 0.717) is 0 Å². The van der Waals surface area contributed by atoms with Gasteiger partial charge in [0.25, 0.3) is 0 Å². The zero-order valence-electron chi connectivity index (χ0n) is 8.76. The Morgan fingerprint density at radius 1 is 1.31 bits per heavy atom. The van der Waals surface area contributed by atoms with Crippen molar-refractivity contribution >= 4 is 0 Å². The van der Waals surface area contributed by atoms with Crippen molar-refractivity contribution in [2.75, 3.05) is 13.2 Å². The molecular weight excluding hydrogens is 160 g/mol. The van der Waals surface area contributed by atoms with E-state index in [1.54, 1.807) is 5.57 Å². The summed E-state index contributed by atoms with van der Waals surface area (Å²) in [4.78, 5) is 0. The highest BCUT2D eigenvalue weighted by molar-refractivity contribution is 5.46. The zero-order valence-corrected chi connectivity index (χ0v) is 8.76. The van der Waals surface area contributed by atoms with E-state index in [1.165, 1.54) is 17.6 Å². The second-order valence-corrected chi connectivity index (χ2v) is 3.85. The van der Waals surface area contributed by atoms with E-state index in [1.807, 2.05) is 13.8 Å². The Kier molecular flexibility index (Phi) is 2.29. The standard InChI is InChI=1S/C10H12O.C2H6/c1-6-2-7-3-8(7)10-5-11-4-9(6)10;1-2/h2,7-8H,3-5H2,1H3;1-2H3. The Morgan fingerprint density at radius 2 is 2.08 bits per heavy atom. The molecule has 0 bridgehead atoms. The highest BCUT2D eigenvalue weighted by Gasteiger charge is 2.43. The fourth-order valence-corrected chi connectivity index (χ4v) is 2.36. The zero-order chi connectivity index (χ0) is 9.42. The maximum Gasteiger partial charge on any atom is 0.0724 e. The van der Waals surface area contributed by atoms with Crippen LogP contribution in [0.4, 0.5) is 0 Å². The van der Waals surface area contributed by atoms with Crippen molar-refractivity contribution in [3.63, 3.8) is 0 Å². The van der Waals surface area contributed by atoms with Crippen LogP contribution >= 0.6 is 0 Å². The van der Waals surface area contributed by atoms with Gasteiger partial charge in [-0.3, -0.25) is 0 Å². The maximum absolute atomic E-state index is 5.44. The molecule has 2 atom stereocenters. The summed E-state index contributed by atoms with van der Waals surface area (Å²) in [5.41, 5.74) is 4.62. The van der Waals surface area contributed by atoms with E-state index >= 15 is 0 Å². The van der Waals surface area contributed by atoms with Gasteiger partial charge in [0, 0.05) is 0 Å². The molecule has 0 aromatic carbocycles. The van der Waals surface area contributed by atoms with Crippen molar-refractivity contribution in [2.45, 2.75) is 27.2 Å². The number of hydrogen-bond acceptors (Lipinski definition) is 1. The lowest BCUT2D eigenvalue weighted by molar-refractivity contribution is 0.203. The van der Waals surface area contributed by atoms with Gasteiger partial charge in [0.15, 0.2) is 0 Å². The topological polar surface area (TPSA) is 9.23 Å². The molecule has 1 heterocycles. The van der Waals surface area contributed by atoms with Crippen LogP contribution in [-0.4, -0.2) is 13.2 Å². The lowest BCUT2D eigenvalue weighted by Gasteiger charge is -2.09. The van der Waals surface area contributed by atoms with Gasteiger partial charge in [0.1, 0.15) is 0 Å². The fourth-order valence-electron chi connectivity index (χ4n) is 2.36. The number of rotatable bonds is 0. The first-order valence-electron chi connectivity index (χ1n) is 5.34. The molecule has 3 aliphatic rings. The first kappa shape index (κ1) is 9.01. The van der Waals surface area contributed by atoms with Crippen LogP contribution in [0.15, 0.2) is 22.8 Å². The van der Waals surface area contributed by atoms with Gasteiger partial charge in [-0.25, -0.2) is 0 Å². The smallest absolute Gasteiger partial charge is 0.0724 e. The molecule has 13 heavy (non-hydrogen) atoms. The minimum atomic E-state index is 0.876. The molecule has 1 heteroatoms. The molecule has 3 rings (SSSR count). The fraction of sp³-hybridized carbons (Fsp3) is 0.667. The van der Waals surface area contributed by atoms with Crippen molar-refractivity contribution in [1.82, 2.24) is 0 Å². The number of ether oxygens (including phenoxy) is 1. The third-order valence-electron chi connectivity index (χ3n) is 3.12. The average molecular weight is 178 g/mol. The van der Waals surface area contributed by atoms with Crippen molar-refractivity contribution < 1.29 is 4.74 Å². The SMILES string of the molecule is CC.CC1=CC2CC2C2=C1COC2. The van der Waals surface area contributed by atoms with Gasteiger partial charge in [-0.1, -0.05) is 19.9 Å². The highest BCUT2D eigenvalue weighted by Crippen LogP contribution is 2.52. The molecule has 1 fully saturated rings. The van der Waals surface area contributed by atoms with E-state index in [0.717, 1.165) is 25.0 Å². The van der Waals surface area contributed by atoms with Crippen molar-refractivity contribution in [1.29, 1.82) is 0 Å². The third-order valence-corrected chi connectivity index (χ3v) is 3.12. The van der Waals surface area contributed by atoms with E-state index < -0.39 is 0 Å². The predicted molar refractivity (Wildman–Crippen MR) is 54.5 cm³/mol. The molecule has 0 aromatic heterocycles. The average Bonchev–Trinajstić information content (AvgIpc) is 2.77. The van der Waals surface area contributed by atoms with Gasteiger partial charge >= 0.3 is 0 Å². The lowest BCUT2D eigenvalue weighted by Crippen LogP contribution is -1.99. The normalized spacial score (nSPS) is 34.2. The monoisotopic (exact) mass is 178 g/mol. The van der Waals surface area contributed by atoms with Gasteiger partial charge in [0.2, 0.25) is 0 Å². The number of fused-ring (bicyclic) bond motifs is 2. The van der Waals surface area contributed by atoms with Crippen molar-refractivity contribution in [3.05, 3.63) is 22.8 Å². The van der Waals surface area contributed by atoms with Crippen LogP contribution in [0, 0.1) is 11.8 Å². The predicted octanol–water partition coefficient (Wildman–Crippen LogP) is 2.94. The number of hydrogen-bond donors (Lipinski definition) is 0. The molecule has 1 nitrogen and oxygen atoms in total. The summed E-state index contributed by atoms with van der Waals surface area (Å²) < 4.78 is 5.44. The molecule has 0 saturated heterocycles. The third kappa shape index (κ3) is 1.35. The Labute approximate surface area is 80.5 Å². The summed E-state index contributed by atoms with van der Waals surface area (Å²) in [6.45, 7) is 8.02. The quantitative estimate of drug-likeness (QED) is 0.554. The Hall–Kier alpha value is -0.560.